The zero-order valence-corrected chi connectivity index (χ0v) is 10.5. The van der Waals surface area contributed by atoms with Crippen LogP contribution in [-0.4, -0.2) is 36.1 Å². The van der Waals surface area contributed by atoms with Crippen LogP contribution in [-0.2, 0) is 0 Å². The average Bonchev–Trinajstić information content (AvgIpc) is 2.35. The number of benzene rings is 1. The van der Waals surface area contributed by atoms with Gasteiger partial charge in [-0.1, -0.05) is 0 Å². The number of rotatable bonds is 3. The lowest BCUT2D eigenvalue weighted by Gasteiger charge is -2.37. The monoisotopic (exact) mass is 258 g/mol. The number of non-ortho nitro benzene ring substituents is 1. The van der Waals surface area contributed by atoms with E-state index in [2.05, 4.69) is 15.2 Å². The van der Waals surface area contributed by atoms with Gasteiger partial charge >= 0.3 is 0 Å². The number of aromatic nitrogens is 1. The molecule has 1 N–H and O–H groups in total. The molecule has 1 aromatic heterocycles. The van der Waals surface area contributed by atoms with Gasteiger partial charge in [0.15, 0.2) is 0 Å². The van der Waals surface area contributed by atoms with Crippen LogP contribution in [0.25, 0.3) is 10.9 Å². The Labute approximate surface area is 110 Å². The molecule has 0 aliphatic carbocycles. The Bertz CT molecular complexity index is 640. The van der Waals surface area contributed by atoms with Crippen molar-refractivity contribution < 1.29 is 4.92 Å². The van der Waals surface area contributed by atoms with Crippen molar-refractivity contribution in [3.63, 3.8) is 0 Å². The van der Waals surface area contributed by atoms with Gasteiger partial charge in [0, 0.05) is 43.5 Å². The van der Waals surface area contributed by atoms with Crippen molar-refractivity contribution in [3.05, 3.63) is 40.6 Å². The Hall–Kier alpha value is -2.21. The molecule has 6 heteroatoms. The third kappa shape index (κ3) is 1.90. The van der Waals surface area contributed by atoms with Gasteiger partial charge in [-0.2, -0.15) is 0 Å². The first-order chi connectivity index (χ1) is 9.18. The van der Waals surface area contributed by atoms with Crippen LogP contribution in [0.15, 0.2) is 30.5 Å². The molecule has 0 radical (unpaired) electrons. The summed E-state index contributed by atoms with van der Waals surface area (Å²) in [7, 11) is 2.01. The highest BCUT2D eigenvalue weighted by molar-refractivity contribution is 5.97. The molecule has 0 bridgehead atoms. The maximum absolute atomic E-state index is 11.0. The van der Waals surface area contributed by atoms with Gasteiger partial charge in [-0.25, -0.2) is 4.98 Å². The van der Waals surface area contributed by atoms with Crippen molar-refractivity contribution in [1.82, 2.24) is 10.3 Å². The van der Waals surface area contributed by atoms with Crippen molar-refractivity contribution >= 4 is 22.3 Å². The third-order valence-electron chi connectivity index (χ3n) is 3.61. The predicted octanol–water partition coefficient (Wildman–Crippen LogP) is 1.55. The first-order valence-electron chi connectivity index (χ1n) is 6.14. The Morgan fingerprint density at radius 1 is 1.42 bits per heavy atom. The predicted molar refractivity (Wildman–Crippen MR) is 73.5 cm³/mol. The van der Waals surface area contributed by atoms with Crippen molar-refractivity contribution in [3.8, 4) is 0 Å². The molecule has 1 fully saturated rings. The van der Waals surface area contributed by atoms with Crippen LogP contribution >= 0.6 is 0 Å². The number of nitrogens with one attached hydrogen (secondary N) is 1. The number of likely N-dealkylation sites (N-methyl/N-ethyl adjacent to an activating group) is 1. The molecule has 19 heavy (non-hydrogen) atoms. The molecule has 0 saturated carbocycles. The number of nitrogens with zero attached hydrogens (tertiary/aromatic N) is 3. The summed E-state index contributed by atoms with van der Waals surface area (Å²) in [6.45, 7) is 1.88. The van der Waals surface area contributed by atoms with Crippen LogP contribution < -0.4 is 10.2 Å². The van der Waals surface area contributed by atoms with E-state index in [9.17, 15) is 10.1 Å². The molecule has 0 spiro atoms. The SMILES string of the molecule is CN(c1ccc([N+](=O)[O-])c2ncccc12)C1CNC1. The van der Waals surface area contributed by atoms with Crippen LogP contribution in [0.5, 0.6) is 0 Å². The van der Waals surface area contributed by atoms with Crippen LogP contribution in [0.3, 0.4) is 0 Å². The topological polar surface area (TPSA) is 71.3 Å². The number of hydrogen-bond acceptors (Lipinski definition) is 5. The highest BCUT2D eigenvalue weighted by Gasteiger charge is 2.24. The molecular weight excluding hydrogens is 244 g/mol. The lowest BCUT2D eigenvalue weighted by atomic mass is 10.1. The van der Waals surface area contributed by atoms with E-state index in [1.807, 2.05) is 19.2 Å². The van der Waals surface area contributed by atoms with Crippen LogP contribution in [0.1, 0.15) is 0 Å². The number of hydrogen-bond donors (Lipinski definition) is 1. The number of pyridine rings is 1. The van der Waals surface area contributed by atoms with E-state index in [1.165, 1.54) is 6.07 Å². The lowest BCUT2D eigenvalue weighted by Crippen LogP contribution is -2.56. The molecule has 2 heterocycles. The lowest BCUT2D eigenvalue weighted by molar-refractivity contribution is -0.383. The molecule has 1 aliphatic heterocycles. The van der Waals surface area contributed by atoms with E-state index in [-0.39, 0.29) is 10.6 Å². The van der Waals surface area contributed by atoms with Gasteiger partial charge in [0.2, 0.25) is 0 Å². The van der Waals surface area contributed by atoms with Gasteiger partial charge in [-0.15, -0.1) is 0 Å². The van der Waals surface area contributed by atoms with Gasteiger partial charge in [0.1, 0.15) is 5.52 Å². The fraction of sp³-hybridized carbons (Fsp3) is 0.308. The average molecular weight is 258 g/mol. The molecule has 1 aromatic carbocycles. The molecule has 98 valence electrons. The quantitative estimate of drug-likeness (QED) is 0.668. The van der Waals surface area contributed by atoms with Gasteiger partial charge in [-0.05, 0) is 18.2 Å². The number of nitro benzene ring substituents is 1. The van der Waals surface area contributed by atoms with Gasteiger partial charge in [0.05, 0.1) is 11.0 Å². The summed E-state index contributed by atoms with van der Waals surface area (Å²) in [5.41, 5.74) is 1.49. The Balaban J connectivity index is 2.15. The van der Waals surface area contributed by atoms with Crippen molar-refractivity contribution in [2.75, 3.05) is 25.0 Å². The number of anilines is 1. The molecule has 1 aliphatic rings. The maximum Gasteiger partial charge on any atom is 0.295 e. The summed E-state index contributed by atoms with van der Waals surface area (Å²) in [5, 5.41) is 15.1. The molecule has 6 nitrogen and oxygen atoms in total. The summed E-state index contributed by atoms with van der Waals surface area (Å²) in [6, 6.07) is 7.47. The Morgan fingerprint density at radius 3 is 2.84 bits per heavy atom. The van der Waals surface area contributed by atoms with Crippen LogP contribution in [0.4, 0.5) is 11.4 Å². The van der Waals surface area contributed by atoms with E-state index in [0.29, 0.717) is 11.6 Å². The standard InChI is InChI=1S/C13H14N4O2/c1-16(9-7-14-8-9)11-4-5-12(17(18)19)13-10(11)3-2-6-15-13/h2-6,9,14H,7-8H2,1H3. The van der Waals surface area contributed by atoms with E-state index >= 15 is 0 Å². The summed E-state index contributed by atoms with van der Waals surface area (Å²) in [5.74, 6) is 0. The first-order valence-corrected chi connectivity index (χ1v) is 6.14. The highest BCUT2D eigenvalue weighted by Crippen LogP contribution is 2.32. The van der Waals surface area contributed by atoms with E-state index < -0.39 is 0 Å². The second-order valence-corrected chi connectivity index (χ2v) is 4.68. The van der Waals surface area contributed by atoms with E-state index in [1.54, 1.807) is 12.3 Å². The first kappa shape index (κ1) is 11.9. The van der Waals surface area contributed by atoms with Gasteiger partial charge in [0.25, 0.3) is 5.69 Å². The third-order valence-corrected chi connectivity index (χ3v) is 3.61. The second-order valence-electron chi connectivity index (χ2n) is 4.68. The molecule has 0 atom stereocenters. The zero-order chi connectivity index (χ0) is 13.4. The largest absolute Gasteiger partial charge is 0.368 e. The van der Waals surface area contributed by atoms with Crippen LogP contribution in [0.2, 0.25) is 0 Å². The van der Waals surface area contributed by atoms with E-state index in [4.69, 9.17) is 0 Å². The second kappa shape index (κ2) is 4.47. The van der Waals surface area contributed by atoms with Crippen molar-refractivity contribution in [2.24, 2.45) is 0 Å². The summed E-state index contributed by atoms with van der Waals surface area (Å²) in [6.07, 6.45) is 1.59. The smallest absolute Gasteiger partial charge is 0.295 e. The molecule has 0 unspecified atom stereocenters. The molecule has 1 saturated heterocycles. The highest BCUT2D eigenvalue weighted by atomic mass is 16.6. The minimum Gasteiger partial charge on any atom is -0.368 e. The summed E-state index contributed by atoms with van der Waals surface area (Å²) < 4.78 is 0. The molecular formula is C13H14N4O2. The summed E-state index contributed by atoms with van der Waals surface area (Å²) in [4.78, 5) is 17.0. The zero-order valence-electron chi connectivity index (χ0n) is 10.5. The van der Waals surface area contributed by atoms with E-state index in [0.717, 1.165) is 24.2 Å². The number of nitro groups is 1. The van der Waals surface area contributed by atoms with Crippen LogP contribution in [0, 0.1) is 10.1 Å². The fourth-order valence-corrected chi connectivity index (χ4v) is 2.34. The molecule has 2 aromatic rings. The van der Waals surface area contributed by atoms with Crippen molar-refractivity contribution in [2.45, 2.75) is 6.04 Å². The summed E-state index contributed by atoms with van der Waals surface area (Å²) >= 11 is 0. The molecule has 3 rings (SSSR count). The maximum atomic E-state index is 11.0. The minimum atomic E-state index is -0.385. The Morgan fingerprint density at radius 2 is 2.21 bits per heavy atom. The minimum absolute atomic E-state index is 0.0551. The number of fused-ring (bicyclic) bond motifs is 1. The normalized spacial score (nSPS) is 15.2. The van der Waals surface area contributed by atoms with Gasteiger partial charge < -0.3 is 10.2 Å². The Kier molecular flexibility index (Phi) is 2.79. The van der Waals surface area contributed by atoms with Crippen molar-refractivity contribution in [1.29, 1.82) is 0 Å². The molecule has 0 amide bonds. The van der Waals surface area contributed by atoms with Gasteiger partial charge in [-0.3, -0.25) is 10.1 Å². The fourth-order valence-electron chi connectivity index (χ4n) is 2.34.